The van der Waals surface area contributed by atoms with Gasteiger partial charge < -0.3 is 0 Å². The topological polar surface area (TPSA) is 54.0 Å². The predicted octanol–water partition coefficient (Wildman–Crippen LogP) is 3.18. The van der Waals surface area contributed by atoms with Gasteiger partial charge in [-0.1, -0.05) is 0 Å². The summed E-state index contributed by atoms with van der Waals surface area (Å²) in [5.41, 5.74) is -0.994. The fourth-order valence-corrected chi connectivity index (χ4v) is 0.951. The summed E-state index contributed by atoms with van der Waals surface area (Å²) < 4.78 is 0. The Bertz CT molecular complexity index is 254. The molecule has 0 atom stereocenters. The Morgan fingerprint density at radius 3 is 1.33 bits per heavy atom. The summed E-state index contributed by atoms with van der Waals surface area (Å²) in [5.74, 6) is -1.33. The molecule has 0 rings (SSSR count). The van der Waals surface area contributed by atoms with Gasteiger partial charge in [-0.2, -0.15) is 9.78 Å². The molecule has 0 aromatic rings. The van der Waals surface area contributed by atoms with Crippen LogP contribution in [0.3, 0.4) is 0 Å². The van der Waals surface area contributed by atoms with Gasteiger partial charge in [0.15, 0.2) is 0 Å². The minimum Gasteiger partial charge on any atom is -0.300 e. The molecule has 0 heterocycles. The van der Waals surface area contributed by atoms with Crippen LogP contribution in [0.15, 0.2) is 0 Å². The predicted molar refractivity (Wildman–Crippen MR) is 67.5 cm³/mol. The van der Waals surface area contributed by atoms with Crippen molar-refractivity contribution in [2.45, 2.75) is 78.8 Å². The highest BCUT2D eigenvalue weighted by atomic mass is 17.3. The highest BCUT2D eigenvalue weighted by Crippen LogP contribution is 2.24. The van der Waals surface area contributed by atoms with Crippen molar-refractivity contribution < 1.29 is 24.3 Å². The summed E-state index contributed by atoms with van der Waals surface area (Å²) in [6.45, 7) is 14.1. The van der Waals surface area contributed by atoms with Crippen molar-refractivity contribution in [2.75, 3.05) is 0 Å². The van der Waals surface area contributed by atoms with Crippen LogP contribution >= 0.6 is 0 Å². The summed E-state index contributed by atoms with van der Waals surface area (Å²) in [6, 6.07) is 0. The fraction of sp³-hybridized carbons (Fsp3) is 0.923. The van der Waals surface area contributed by atoms with Crippen LogP contribution in [0.2, 0.25) is 0 Å². The second kappa shape index (κ2) is 6.10. The number of carbonyl (C=O) groups is 1. The molecule has 0 N–H and O–H groups in total. The van der Waals surface area contributed by atoms with Crippen LogP contribution in [0.1, 0.15) is 61.8 Å². The van der Waals surface area contributed by atoms with E-state index in [1.54, 1.807) is 6.92 Å². The fourth-order valence-electron chi connectivity index (χ4n) is 0.951. The molecule has 0 spiro atoms. The lowest BCUT2D eigenvalue weighted by Crippen LogP contribution is -2.40. The maximum Gasteiger partial charge on any atom is 0.238 e. The molecule has 5 heteroatoms. The van der Waals surface area contributed by atoms with Crippen LogP contribution in [0.5, 0.6) is 0 Å². The zero-order valence-electron chi connectivity index (χ0n) is 12.7. The van der Waals surface area contributed by atoms with Gasteiger partial charge in [-0.05, 0) is 55.4 Å². The van der Waals surface area contributed by atoms with Crippen LogP contribution in [0.25, 0.3) is 0 Å². The van der Waals surface area contributed by atoms with Crippen LogP contribution < -0.4 is 0 Å². The molecule has 0 saturated heterocycles. The third-order valence-corrected chi connectivity index (χ3v) is 1.51. The van der Waals surface area contributed by atoms with Crippen LogP contribution in [0.4, 0.5) is 0 Å². The molecule has 108 valence electrons. The Balaban J connectivity index is 4.57. The molecule has 0 aliphatic heterocycles. The molecule has 0 aromatic carbocycles. The molecule has 18 heavy (non-hydrogen) atoms. The van der Waals surface area contributed by atoms with Crippen LogP contribution in [-0.2, 0) is 24.3 Å². The first-order valence-corrected chi connectivity index (χ1v) is 6.06. The smallest absolute Gasteiger partial charge is 0.238 e. The molecule has 0 fully saturated rings. The molecule has 0 unspecified atom stereocenters. The summed E-state index contributed by atoms with van der Waals surface area (Å²) in [5, 5.41) is 0. The van der Waals surface area contributed by atoms with E-state index in [0.717, 1.165) is 0 Å². The molecule has 5 nitrogen and oxygen atoms in total. The van der Waals surface area contributed by atoms with Gasteiger partial charge in [-0.25, -0.2) is 9.78 Å². The van der Waals surface area contributed by atoms with E-state index in [1.807, 2.05) is 41.5 Å². The van der Waals surface area contributed by atoms with E-state index in [2.05, 4.69) is 0 Å². The minimum absolute atomic E-state index is 0.0408. The molecule has 0 radical (unpaired) electrons. The zero-order chi connectivity index (χ0) is 14.6. The normalized spacial score (nSPS) is 13.8. The standard InChI is InChI=1S/C13H26O5/c1-10(14)9-13(8,17-15-11(2,3)4)18-16-12(5,6)7/h9H2,1-8H3. The van der Waals surface area contributed by atoms with E-state index in [9.17, 15) is 4.79 Å². The average Bonchev–Trinajstić information content (AvgIpc) is 2.09. The minimum atomic E-state index is -1.26. The first kappa shape index (κ1) is 17.5. The SMILES string of the molecule is CC(=O)CC(C)(OOC(C)(C)C)OOC(C)(C)C. The van der Waals surface area contributed by atoms with Gasteiger partial charge in [0, 0.05) is 0 Å². The highest BCUT2D eigenvalue weighted by Gasteiger charge is 2.35. The lowest BCUT2D eigenvalue weighted by atomic mass is 10.2. The third-order valence-electron chi connectivity index (χ3n) is 1.51. The Morgan fingerprint density at radius 1 is 0.778 bits per heavy atom. The molecule has 0 aliphatic rings. The number of ketones is 1. The number of rotatable bonds is 6. The molecular formula is C13H26O5. The quantitative estimate of drug-likeness (QED) is 0.418. The second-order valence-corrected chi connectivity index (χ2v) is 6.57. The van der Waals surface area contributed by atoms with Gasteiger partial charge in [0.25, 0.3) is 0 Å². The van der Waals surface area contributed by atoms with Crippen molar-refractivity contribution in [2.24, 2.45) is 0 Å². The molecule has 0 saturated carbocycles. The van der Waals surface area contributed by atoms with E-state index in [4.69, 9.17) is 19.6 Å². The van der Waals surface area contributed by atoms with Gasteiger partial charge in [-0.3, -0.25) is 4.79 Å². The third kappa shape index (κ3) is 9.53. The average molecular weight is 262 g/mol. The van der Waals surface area contributed by atoms with E-state index < -0.39 is 17.0 Å². The van der Waals surface area contributed by atoms with Crippen molar-refractivity contribution in [3.05, 3.63) is 0 Å². The summed E-state index contributed by atoms with van der Waals surface area (Å²) in [6.07, 6.45) is 0.0408. The monoisotopic (exact) mass is 262 g/mol. The van der Waals surface area contributed by atoms with Crippen LogP contribution in [-0.4, -0.2) is 22.8 Å². The Morgan fingerprint density at radius 2 is 1.11 bits per heavy atom. The van der Waals surface area contributed by atoms with Gasteiger partial charge >= 0.3 is 0 Å². The van der Waals surface area contributed by atoms with Crippen molar-refractivity contribution in [1.82, 2.24) is 0 Å². The number of hydrogen-bond acceptors (Lipinski definition) is 5. The first-order valence-electron chi connectivity index (χ1n) is 6.06. The lowest BCUT2D eigenvalue weighted by molar-refractivity contribution is -0.535. The van der Waals surface area contributed by atoms with E-state index in [0.29, 0.717) is 0 Å². The second-order valence-electron chi connectivity index (χ2n) is 6.57. The Labute approximate surface area is 110 Å². The number of hydrogen-bond donors (Lipinski definition) is 0. The summed E-state index contributed by atoms with van der Waals surface area (Å²) in [7, 11) is 0. The molecule has 0 aromatic heterocycles. The molecule has 0 aliphatic carbocycles. The van der Waals surface area contributed by atoms with E-state index in [-0.39, 0.29) is 12.2 Å². The first-order chi connectivity index (χ1) is 7.83. The number of carbonyl (C=O) groups excluding carboxylic acids is 1. The van der Waals surface area contributed by atoms with Gasteiger partial charge in [0.05, 0.1) is 17.6 Å². The van der Waals surface area contributed by atoms with E-state index >= 15 is 0 Å². The van der Waals surface area contributed by atoms with Crippen molar-refractivity contribution in [3.8, 4) is 0 Å². The number of Topliss-reactive ketones (excluding diaryl/α,β-unsaturated/α-hetero) is 1. The van der Waals surface area contributed by atoms with E-state index in [1.165, 1.54) is 6.92 Å². The van der Waals surface area contributed by atoms with Crippen molar-refractivity contribution in [1.29, 1.82) is 0 Å². The summed E-state index contributed by atoms with van der Waals surface area (Å²) in [4.78, 5) is 32.1. The van der Waals surface area contributed by atoms with Gasteiger partial charge in [0.2, 0.25) is 5.79 Å². The van der Waals surface area contributed by atoms with Gasteiger partial charge in [0.1, 0.15) is 5.78 Å². The highest BCUT2D eigenvalue weighted by molar-refractivity contribution is 5.76. The van der Waals surface area contributed by atoms with Gasteiger partial charge in [-0.15, -0.1) is 0 Å². The maximum atomic E-state index is 11.2. The maximum absolute atomic E-state index is 11.2. The molecule has 0 bridgehead atoms. The van der Waals surface area contributed by atoms with Crippen LogP contribution in [0, 0.1) is 0 Å². The summed E-state index contributed by atoms with van der Waals surface area (Å²) >= 11 is 0. The van der Waals surface area contributed by atoms with Crippen molar-refractivity contribution >= 4 is 5.78 Å². The Kier molecular flexibility index (Phi) is 5.94. The molecular weight excluding hydrogens is 236 g/mol. The largest absolute Gasteiger partial charge is 0.300 e. The lowest BCUT2D eigenvalue weighted by Gasteiger charge is -2.32. The molecule has 0 amide bonds. The zero-order valence-corrected chi connectivity index (χ0v) is 12.7. The Hall–Kier alpha value is -0.490. The van der Waals surface area contributed by atoms with Crippen molar-refractivity contribution in [3.63, 3.8) is 0 Å².